The van der Waals surface area contributed by atoms with Crippen molar-refractivity contribution < 1.29 is 18.3 Å². The molecule has 0 aliphatic carbocycles. The van der Waals surface area contributed by atoms with Crippen LogP contribution < -0.4 is 0 Å². The molecule has 15 heavy (non-hydrogen) atoms. The molecule has 1 saturated heterocycles. The monoisotopic (exact) mass is 236 g/mol. The van der Waals surface area contributed by atoms with E-state index in [0.717, 1.165) is 17.1 Å². The Labute approximate surface area is 89.7 Å². The molecule has 0 bridgehead atoms. The molecule has 0 spiro atoms. The fraction of sp³-hybridized carbons (Fsp3) is 0.875. The Morgan fingerprint density at radius 2 is 1.93 bits per heavy atom. The summed E-state index contributed by atoms with van der Waals surface area (Å²) < 4.78 is 26.1. The van der Waals surface area contributed by atoms with E-state index in [4.69, 9.17) is 5.11 Å². The first kappa shape index (κ1) is 12.4. The minimum Gasteiger partial charge on any atom is -0.480 e. The molecule has 1 N–H and O–H groups in total. The summed E-state index contributed by atoms with van der Waals surface area (Å²) in [6.45, 7) is 2.36. The van der Waals surface area contributed by atoms with Crippen LogP contribution in [0.5, 0.6) is 0 Å². The molecule has 0 saturated carbocycles. The van der Waals surface area contributed by atoms with Gasteiger partial charge in [0.25, 0.3) is 10.2 Å². The van der Waals surface area contributed by atoms with E-state index in [9.17, 15) is 13.2 Å². The highest BCUT2D eigenvalue weighted by Gasteiger charge is 2.31. The van der Waals surface area contributed by atoms with E-state index >= 15 is 0 Å². The molecule has 1 fully saturated rings. The second-order valence-electron chi connectivity index (χ2n) is 3.43. The van der Waals surface area contributed by atoms with Crippen molar-refractivity contribution in [3.63, 3.8) is 0 Å². The van der Waals surface area contributed by atoms with Crippen LogP contribution >= 0.6 is 0 Å². The summed E-state index contributed by atoms with van der Waals surface area (Å²) in [6, 6.07) is 0. The maximum atomic E-state index is 11.9. The molecule has 0 aromatic carbocycles. The summed E-state index contributed by atoms with van der Waals surface area (Å²) in [5, 5.41) is 8.60. The maximum absolute atomic E-state index is 11.9. The molecule has 7 heteroatoms. The average molecular weight is 236 g/mol. The van der Waals surface area contributed by atoms with Crippen molar-refractivity contribution in [3.05, 3.63) is 0 Å². The van der Waals surface area contributed by atoms with Crippen LogP contribution in [0.4, 0.5) is 0 Å². The van der Waals surface area contributed by atoms with Crippen molar-refractivity contribution in [3.8, 4) is 0 Å². The van der Waals surface area contributed by atoms with Crippen molar-refractivity contribution >= 4 is 16.2 Å². The van der Waals surface area contributed by atoms with E-state index in [-0.39, 0.29) is 6.54 Å². The van der Waals surface area contributed by atoms with E-state index in [1.165, 1.54) is 4.31 Å². The number of carboxylic acid groups (broad SMARTS) is 1. The molecule has 1 heterocycles. The van der Waals surface area contributed by atoms with Gasteiger partial charge in [0.1, 0.15) is 6.54 Å². The number of nitrogens with zero attached hydrogens (tertiary/aromatic N) is 2. The van der Waals surface area contributed by atoms with Gasteiger partial charge in [0.05, 0.1) is 0 Å². The van der Waals surface area contributed by atoms with Gasteiger partial charge in [0.2, 0.25) is 0 Å². The van der Waals surface area contributed by atoms with Crippen LogP contribution in [-0.2, 0) is 15.0 Å². The van der Waals surface area contributed by atoms with Gasteiger partial charge in [-0.1, -0.05) is 6.92 Å². The molecule has 1 aliphatic heterocycles. The Bertz CT molecular complexity index is 322. The van der Waals surface area contributed by atoms with Crippen LogP contribution in [0.3, 0.4) is 0 Å². The minimum absolute atomic E-state index is 0.186. The molecule has 6 nitrogen and oxygen atoms in total. The van der Waals surface area contributed by atoms with Crippen molar-refractivity contribution in [1.29, 1.82) is 0 Å². The van der Waals surface area contributed by atoms with Gasteiger partial charge in [-0.2, -0.15) is 17.0 Å². The average Bonchev–Trinajstić information content (AvgIpc) is 2.66. The largest absolute Gasteiger partial charge is 0.480 e. The first-order valence-corrected chi connectivity index (χ1v) is 6.35. The zero-order valence-electron chi connectivity index (χ0n) is 8.72. The van der Waals surface area contributed by atoms with Crippen molar-refractivity contribution in [1.82, 2.24) is 8.61 Å². The second kappa shape index (κ2) is 4.91. The molecular weight excluding hydrogens is 220 g/mol. The van der Waals surface area contributed by atoms with Crippen molar-refractivity contribution in [2.75, 3.05) is 26.2 Å². The lowest BCUT2D eigenvalue weighted by Gasteiger charge is -2.24. The molecular formula is C8H16N2O4S. The van der Waals surface area contributed by atoms with Crippen LogP contribution in [0, 0.1) is 0 Å². The number of likely N-dealkylation sites (N-methyl/N-ethyl adjacent to an activating group) is 1. The highest BCUT2D eigenvalue weighted by atomic mass is 32.2. The Kier molecular flexibility index (Phi) is 4.06. The zero-order valence-corrected chi connectivity index (χ0v) is 9.53. The van der Waals surface area contributed by atoms with E-state index in [0.29, 0.717) is 13.1 Å². The summed E-state index contributed by atoms with van der Waals surface area (Å²) in [5.74, 6) is -1.13. The van der Waals surface area contributed by atoms with Gasteiger partial charge in [-0.25, -0.2) is 0 Å². The molecule has 0 amide bonds. The number of hydrogen-bond donors (Lipinski definition) is 1. The lowest BCUT2D eigenvalue weighted by Crippen LogP contribution is -2.44. The molecule has 1 rings (SSSR count). The topological polar surface area (TPSA) is 77.9 Å². The summed E-state index contributed by atoms with van der Waals surface area (Å²) in [5.41, 5.74) is 0. The Hall–Kier alpha value is -0.660. The number of carbonyl (C=O) groups is 1. The molecule has 0 radical (unpaired) electrons. The lowest BCUT2D eigenvalue weighted by atomic mass is 10.4. The number of aliphatic carboxylic acids is 1. The van der Waals surface area contributed by atoms with Gasteiger partial charge in [0.15, 0.2) is 0 Å². The highest BCUT2D eigenvalue weighted by molar-refractivity contribution is 7.86. The SMILES string of the molecule is CCN(CC(=O)O)S(=O)(=O)N1CCCC1. The van der Waals surface area contributed by atoms with Gasteiger partial charge in [-0.3, -0.25) is 4.79 Å². The number of rotatable bonds is 5. The van der Waals surface area contributed by atoms with Gasteiger partial charge in [-0.05, 0) is 12.8 Å². The molecule has 88 valence electrons. The summed E-state index contributed by atoms with van der Waals surface area (Å²) in [7, 11) is -3.56. The van der Waals surface area contributed by atoms with E-state index in [1.807, 2.05) is 0 Å². The lowest BCUT2D eigenvalue weighted by molar-refractivity contribution is -0.137. The van der Waals surface area contributed by atoms with Crippen LogP contribution in [0.15, 0.2) is 0 Å². The summed E-state index contributed by atoms with van der Waals surface area (Å²) >= 11 is 0. The molecule has 0 aromatic rings. The van der Waals surface area contributed by atoms with Crippen LogP contribution in [-0.4, -0.2) is 54.3 Å². The fourth-order valence-electron chi connectivity index (χ4n) is 1.59. The van der Waals surface area contributed by atoms with Gasteiger partial charge in [-0.15, -0.1) is 0 Å². The summed E-state index contributed by atoms with van der Waals surface area (Å²) in [4.78, 5) is 10.5. The first-order valence-electron chi connectivity index (χ1n) is 4.95. The van der Waals surface area contributed by atoms with Crippen LogP contribution in [0.1, 0.15) is 19.8 Å². The van der Waals surface area contributed by atoms with Crippen molar-refractivity contribution in [2.45, 2.75) is 19.8 Å². The number of hydrogen-bond acceptors (Lipinski definition) is 3. The Balaban J connectivity index is 2.76. The third-order valence-electron chi connectivity index (χ3n) is 2.38. The quantitative estimate of drug-likeness (QED) is 0.713. The van der Waals surface area contributed by atoms with E-state index in [1.54, 1.807) is 6.92 Å². The summed E-state index contributed by atoms with van der Waals surface area (Å²) in [6.07, 6.45) is 1.70. The molecule has 0 aromatic heterocycles. The van der Waals surface area contributed by atoms with Crippen molar-refractivity contribution in [2.24, 2.45) is 0 Å². The normalized spacial score (nSPS) is 18.5. The van der Waals surface area contributed by atoms with Gasteiger partial charge in [0, 0.05) is 19.6 Å². The van der Waals surface area contributed by atoms with E-state index < -0.39 is 22.7 Å². The first-order chi connectivity index (χ1) is 6.98. The second-order valence-corrected chi connectivity index (χ2v) is 5.36. The predicted octanol–water partition coefficient (Wildman–Crippen LogP) is -0.266. The van der Waals surface area contributed by atoms with E-state index in [2.05, 4.69) is 0 Å². The zero-order chi connectivity index (χ0) is 11.5. The smallest absolute Gasteiger partial charge is 0.318 e. The van der Waals surface area contributed by atoms with Crippen LogP contribution in [0.25, 0.3) is 0 Å². The Morgan fingerprint density at radius 3 is 2.33 bits per heavy atom. The minimum atomic E-state index is -3.56. The highest BCUT2D eigenvalue weighted by Crippen LogP contribution is 2.15. The third-order valence-corrected chi connectivity index (χ3v) is 4.44. The van der Waals surface area contributed by atoms with Gasteiger partial charge >= 0.3 is 5.97 Å². The molecule has 0 atom stereocenters. The Morgan fingerprint density at radius 1 is 1.40 bits per heavy atom. The number of carboxylic acids is 1. The molecule has 1 aliphatic rings. The fourth-order valence-corrected chi connectivity index (χ4v) is 3.24. The van der Waals surface area contributed by atoms with Gasteiger partial charge < -0.3 is 5.11 Å². The predicted molar refractivity (Wildman–Crippen MR) is 54.6 cm³/mol. The standard InChI is InChI=1S/C8H16N2O4S/c1-2-9(7-8(11)12)15(13,14)10-5-3-4-6-10/h2-7H2,1H3,(H,11,12). The maximum Gasteiger partial charge on any atom is 0.318 e. The van der Waals surface area contributed by atoms with Crippen LogP contribution in [0.2, 0.25) is 0 Å². The molecule has 0 unspecified atom stereocenters. The third kappa shape index (κ3) is 2.90.